The Balaban J connectivity index is 2.44. The Kier molecular flexibility index (Phi) is 4.19. The third kappa shape index (κ3) is 3.21. The van der Waals surface area contributed by atoms with Crippen LogP contribution in [0.3, 0.4) is 0 Å². The van der Waals surface area contributed by atoms with Crippen molar-refractivity contribution in [1.29, 1.82) is 0 Å². The molecule has 3 N–H and O–H groups in total. The Bertz CT molecular complexity index is 515. The molecule has 0 radical (unpaired) electrons. The molecule has 3 nitrogen and oxygen atoms in total. The van der Waals surface area contributed by atoms with Gasteiger partial charge in [-0.25, -0.2) is 0 Å². The number of hydrogen-bond acceptors (Lipinski definition) is 3. The maximum Gasteiger partial charge on any atom is 0.416 e. The molecule has 0 heterocycles. The Hall–Kier alpha value is -1.34. The van der Waals surface area contributed by atoms with Crippen LogP contribution in [0.4, 0.5) is 18.9 Å². The number of aliphatic hydroxyl groups excluding tert-OH is 1. The zero-order valence-electron chi connectivity index (χ0n) is 10.7. The molecule has 7 heteroatoms. The van der Waals surface area contributed by atoms with E-state index in [0.29, 0.717) is 12.2 Å². The summed E-state index contributed by atoms with van der Waals surface area (Å²) >= 11 is 4.86. The molecule has 0 aliphatic heterocycles. The molecule has 0 atom stereocenters. The van der Waals surface area contributed by atoms with Crippen molar-refractivity contribution in [3.05, 3.63) is 29.3 Å². The van der Waals surface area contributed by atoms with Gasteiger partial charge in [-0.2, -0.15) is 13.2 Å². The zero-order valence-corrected chi connectivity index (χ0v) is 11.5. The lowest BCUT2D eigenvalue weighted by Crippen LogP contribution is -2.31. The normalized spacial score (nSPS) is 15.2. The van der Waals surface area contributed by atoms with E-state index in [2.05, 4.69) is 0 Å². The van der Waals surface area contributed by atoms with E-state index < -0.39 is 11.7 Å². The van der Waals surface area contributed by atoms with E-state index >= 15 is 0 Å². The minimum Gasteiger partial charge on any atom is -0.395 e. The zero-order chi connectivity index (χ0) is 14.9. The first-order valence-corrected chi connectivity index (χ1v) is 6.64. The molecule has 20 heavy (non-hydrogen) atoms. The second-order valence-corrected chi connectivity index (χ2v) is 5.18. The molecular weight excluding hydrogens is 289 g/mol. The van der Waals surface area contributed by atoms with E-state index in [9.17, 15) is 13.2 Å². The molecule has 0 aromatic heterocycles. The third-order valence-electron chi connectivity index (χ3n) is 3.23. The predicted molar refractivity (Wildman–Crippen MR) is 74.8 cm³/mol. The standard InChI is InChI=1S/C13H15F3N2OS/c14-13(15,16)8-1-4-11(10(7-8)12(17)20)18(5-6-19)9-2-3-9/h1,4,7,9,19H,2-3,5-6H2,(H2,17,20). The van der Waals surface area contributed by atoms with Crippen LogP contribution in [0.1, 0.15) is 24.0 Å². The molecule has 110 valence electrons. The quantitative estimate of drug-likeness (QED) is 0.820. The Morgan fingerprint density at radius 1 is 1.40 bits per heavy atom. The van der Waals surface area contributed by atoms with Crippen molar-refractivity contribution in [1.82, 2.24) is 0 Å². The highest BCUT2D eigenvalue weighted by molar-refractivity contribution is 7.80. The molecule has 0 amide bonds. The molecule has 1 fully saturated rings. The van der Waals surface area contributed by atoms with Gasteiger partial charge in [0.15, 0.2) is 0 Å². The van der Waals surface area contributed by atoms with Gasteiger partial charge in [-0.3, -0.25) is 0 Å². The summed E-state index contributed by atoms with van der Waals surface area (Å²) in [5.41, 5.74) is 5.54. The summed E-state index contributed by atoms with van der Waals surface area (Å²) in [6, 6.07) is 3.62. The van der Waals surface area contributed by atoms with Gasteiger partial charge in [0.1, 0.15) is 4.99 Å². The molecule has 0 spiro atoms. The van der Waals surface area contributed by atoms with Crippen LogP contribution >= 0.6 is 12.2 Å². The number of thiocarbonyl (C=S) groups is 1. The van der Waals surface area contributed by atoms with Crippen molar-refractivity contribution in [3.8, 4) is 0 Å². The van der Waals surface area contributed by atoms with Gasteiger partial charge in [-0.1, -0.05) is 12.2 Å². The molecule has 1 aliphatic rings. The number of halogens is 3. The van der Waals surface area contributed by atoms with E-state index in [-0.39, 0.29) is 23.2 Å². The van der Waals surface area contributed by atoms with Crippen LogP contribution in [0.2, 0.25) is 0 Å². The maximum absolute atomic E-state index is 12.7. The van der Waals surface area contributed by atoms with Crippen molar-refractivity contribution < 1.29 is 18.3 Å². The molecule has 0 bridgehead atoms. The number of nitrogens with zero attached hydrogens (tertiary/aromatic N) is 1. The van der Waals surface area contributed by atoms with Crippen molar-refractivity contribution in [2.24, 2.45) is 5.73 Å². The minimum absolute atomic E-state index is 0.0744. The monoisotopic (exact) mass is 304 g/mol. The summed E-state index contributed by atoms with van der Waals surface area (Å²) < 4.78 is 38.2. The summed E-state index contributed by atoms with van der Waals surface area (Å²) in [4.78, 5) is 1.80. The van der Waals surface area contributed by atoms with Crippen LogP contribution in [0.5, 0.6) is 0 Å². The first-order chi connectivity index (χ1) is 9.34. The number of hydrogen-bond donors (Lipinski definition) is 2. The van der Waals surface area contributed by atoms with E-state index in [1.807, 2.05) is 4.90 Å². The first-order valence-electron chi connectivity index (χ1n) is 6.23. The first kappa shape index (κ1) is 15.1. The second-order valence-electron chi connectivity index (χ2n) is 4.74. The van der Waals surface area contributed by atoms with Crippen molar-refractivity contribution in [3.63, 3.8) is 0 Å². The number of rotatable bonds is 5. The fourth-order valence-corrected chi connectivity index (χ4v) is 2.32. The van der Waals surface area contributed by atoms with E-state index in [4.69, 9.17) is 23.1 Å². The van der Waals surface area contributed by atoms with Gasteiger partial charge in [0.05, 0.1) is 12.2 Å². The molecule has 2 rings (SSSR count). The predicted octanol–water partition coefficient (Wildman–Crippen LogP) is 2.30. The van der Waals surface area contributed by atoms with Gasteiger partial charge in [0.25, 0.3) is 0 Å². The van der Waals surface area contributed by atoms with Gasteiger partial charge < -0.3 is 15.7 Å². The van der Waals surface area contributed by atoms with Gasteiger partial charge in [-0.05, 0) is 31.0 Å². The Morgan fingerprint density at radius 2 is 2.05 bits per heavy atom. The highest BCUT2D eigenvalue weighted by Crippen LogP contribution is 2.37. The number of alkyl halides is 3. The van der Waals surface area contributed by atoms with Crippen molar-refractivity contribution in [2.45, 2.75) is 25.1 Å². The third-order valence-corrected chi connectivity index (χ3v) is 3.45. The summed E-state index contributed by atoms with van der Waals surface area (Å²) in [5, 5.41) is 9.10. The highest BCUT2D eigenvalue weighted by atomic mass is 32.1. The van der Waals surface area contributed by atoms with E-state index in [1.165, 1.54) is 6.07 Å². The van der Waals surface area contributed by atoms with Crippen LogP contribution in [0.25, 0.3) is 0 Å². The second kappa shape index (κ2) is 5.57. The van der Waals surface area contributed by atoms with Crippen LogP contribution in [0.15, 0.2) is 18.2 Å². The molecular formula is C13H15F3N2OS. The highest BCUT2D eigenvalue weighted by Gasteiger charge is 2.34. The molecule has 1 aliphatic carbocycles. The Labute approximate surface area is 120 Å². The van der Waals surface area contributed by atoms with Crippen LogP contribution < -0.4 is 10.6 Å². The lowest BCUT2D eigenvalue weighted by molar-refractivity contribution is -0.137. The van der Waals surface area contributed by atoms with E-state index in [0.717, 1.165) is 25.0 Å². The number of anilines is 1. The summed E-state index contributed by atoms with van der Waals surface area (Å²) in [5.74, 6) is 0. The summed E-state index contributed by atoms with van der Waals surface area (Å²) in [6.45, 7) is 0.278. The van der Waals surface area contributed by atoms with Crippen LogP contribution in [-0.4, -0.2) is 29.3 Å². The van der Waals surface area contributed by atoms with Gasteiger partial charge in [0, 0.05) is 23.8 Å². The number of aliphatic hydroxyl groups is 1. The average Bonchev–Trinajstić information content (AvgIpc) is 3.18. The van der Waals surface area contributed by atoms with Crippen LogP contribution in [-0.2, 0) is 6.18 Å². The van der Waals surface area contributed by atoms with E-state index in [1.54, 1.807) is 0 Å². The number of benzene rings is 1. The molecule has 0 saturated heterocycles. The minimum atomic E-state index is -4.43. The molecule has 0 unspecified atom stereocenters. The Morgan fingerprint density at radius 3 is 2.50 bits per heavy atom. The van der Waals surface area contributed by atoms with Gasteiger partial charge in [0.2, 0.25) is 0 Å². The lowest BCUT2D eigenvalue weighted by atomic mass is 10.1. The number of nitrogens with two attached hydrogens (primary N) is 1. The van der Waals surface area contributed by atoms with Crippen molar-refractivity contribution >= 4 is 22.9 Å². The largest absolute Gasteiger partial charge is 0.416 e. The topological polar surface area (TPSA) is 49.5 Å². The summed E-state index contributed by atoms with van der Waals surface area (Å²) in [7, 11) is 0. The van der Waals surface area contributed by atoms with Crippen LogP contribution in [0, 0.1) is 0 Å². The molecule has 1 aromatic carbocycles. The lowest BCUT2D eigenvalue weighted by Gasteiger charge is -2.26. The fourth-order valence-electron chi connectivity index (χ4n) is 2.15. The van der Waals surface area contributed by atoms with Gasteiger partial charge >= 0.3 is 6.18 Å². The smallest absolute Gasteiger partial charge is 0.395 e. The fraction of sp³-hybridized carbons (Fsp3) is 0.462. The molecule has 1 saturated carbocycles. The molecule has 1 aromatic rings. The maximum atomic E-state index is 12.7. The van der Waals surface area contributed by atoms with Gasteiger partial charge in [-0.15, -0.1) is 0 Å². The summed E-state index contributed by atoms with van der Waals surface area (Å²) in [6.07, 6.45) is -2.52. The van der Waals surface area contributed by atoms with Crippen molar-refractivity contribution in [2.75, 3.05) is 18.1 Å². The average molecular weight is 304 g/mol. The SMILES string of the molecule is NC(=S)c1cc(C(F)(F)F)ccc1N(CCO)C1CC1.